The molecule has 1 aromatic rings. The van der Waals surface area contributed by atoms with Crippen LogP contribution >= 0.6 is 12.4 Å². The van der Waals surface area contributed by atoms with Gasteiger partial charge in [0.15, 0.2) is 0 Å². The maximum Gasteiger partial charge on any atom is 0.416 e. The molecule has 5 nitrogen and oxygen atoms in total. The number of hydrogen-bond acceptors (Lipinski definition) is 3. The second kappa shape index (κ2) is 8.73. The van der Waals surface area contributed by atoms with Gasteiger partial charge in [-0.25, -0.2) is 0 Å². The van der Waals surface area contributed by atoms with Crippen LogP contribution in [-0.2, 0) is 11.0 Å². The maximum absolute atomic E-state index is 12.9. The average molecular weight is 354 g/mol. The molecule has 0 spiro atoms. The number of anilines is 1. The van der Waals surface area contributed by atoms with Gasteiger partial charge in [0.25, 0.3) is 5.91 Å². The lowest BCUT2D eigenvalue weighted by atomic mass is 10.1. The molecule has 0 bridgehead atoms. The number of benzene rings is 1. The van der Waals surface area contributed by atoms with Crippen LogP contribution in [0.5, 0.6) is 0 Å². The van der Waals surface area contributed by atoms with Gasteiger partial charge in [-0.1, -0.05) is 0 Å². The molecule has 0 aliphatic rings. The molecule has 9 heteroatoms. The van der Waals surface area contributed by atoms with E-state index in [9.17, 15) is 22.8 Å². The number of likely N-dealkylation sites (N-methyl/N-ethyl adjacent to an activating group) is 1. The van der Waals surface area contributed by atoms with Crippen molar-refractivity contribution >= 4 is 29.9 Å². The third kappa shape index (κ3) is 6.87. The number of alkyl halides is 3. The van der Waals surface area contributed by atoms with E-state index in [2.05, 4.69) is 16.0 Å². The quantitative estimate of drug-likeness (QED) is 0.761. The van der Waals surface area contributed by atoms with Crippen molar-refractivity contribution in [2.75, 3.05) is 18.9 Å². The van der Waals surface area contributed by atoms with E-state index in [1.54, 1.807) is 7.05 Å². The molecular weight excluding hydrogens is 335 g/mol. The van der Waals surface area contributed by atoms with Crippen LogP contribution in [0, 0.1) is 0 Å². The zero-order valence-electron chi connectivity index (χ0n) is 12.9. The van der Waals surface area contributed by atoms with Crippen LogP contribution in [0.3, 0.4) is 0 Å². The van der Waals surface area contributed by atoms with Gasteiger partial charge in [0, 0.05) is 30.8 Å². The van der Waals surface area contributed by atoms with Crippen LogP contribution < -0.4 is 16.0 Å². The second-order valence-electron chi connectivity index (χ2n) is 4.88. The van der Waals surface area contributed by atoms with Gasteiger partial charge >= 0.3 is 6.18 Å². The standard InChI is InChI=1S/C14H18F3N3O2.ClH/c1-8(18-3)7-19-13(22)10-4-11(14(15,16)17)6-12(5-10)20-9(2)21;/h4-6,8,18H,7H2,1-3H3,(H,19,22)(H,20,21);1H. The number of nitrogens with one attached hydrogen (secondary N) is 3. The van der Waals surface area contributed by atoms with Gasteiger partial charge in [-0.15, -0.1) is 12.4 Å². The Morgan fingerprint density at radius 1 is 1.22 bits per heavy atom. The Morgan fingerprint density at radius 3 is 2.30 bits per heavy atom. The predicted molar refractivity (Wildman–Crippen MR) is 83.9 cm³/mol. The van der Waals surface area contributed by atoms with Gasteiger partial charge in [0.1, 0.15) is 0 Å². The van der Waals surface area contributed by atoms with Crippen LogP contribution in [0.2, 0.25) is 0 Å². The summed E-state index contributed by atoms with van der Waals surface area (Å²) in [6.45, 7) is 3.25. The molecular formula is C14H19ClF3N3O2. The molecule has 1 rings (SSSR count). The molecule has 0 saturated heterocycles. The minimum Gasteiger partial charge on any atom is -0.350 e. The Labute approximate surface area is 138 Å². The summed E-state index contributed by atoms with van der Waals surface area (Å²) >= 11 is 0. The Balaban J connectivity index is 0.00000484. The molecule has 0 aliphatic heterocycles. The van der Waals surface area contributed by atoms with Crippen LogP contribution in [-0.4, -0.2) is 31.4 Å². The lowest BCUT2D eigenvalue weighted by Crippen LogP contribution is -2.37. The van der Waals surface area contributed by atoms with Crippen molar-refractivity contribution in [3.63, 3.8) is 0 Å². The summed E-state index contributed by atoms with van der Waals surface area (Å²) in [5.41, 5.74) is -1.23. The zero-order valence-corrected chi connectivity index (χ0v) is 13.7. The van der Waals surface area contributed by atoms with Crippen molar-refractivity contribution in [1.29, 1.82) is 0 Å². The third-order valence-corrected chi connectivity index (χ3v) is 2.90. The maximum atomic E-state index is 12.9. The van der Waals surface area contributed by atoms with E-state index in [1.807, 2.05) is 6.92 Å². The highest BCUT2D eigenvalue weighted by Crippen LogP contribution is 2.32. The van der Waals surface area contributed by atoms with E-state index in [0.717, 1.165) is 12.1 Å². The monoisotopic (exact) mass is 353 g/mol. The first-order valence-corrected chi connectivity index (χ1v) is 6.59. The SMILES string of the molecule is CNC(C)CNC(=O)c1cc(NC(C)=O)cc(C(F)(F)F)c1.Cl. The molecule has 1 atom stereocenters. The highest BCUT2D eigenvalue weighted by molar-refractivity contribution is 5.97. The molecule has 23 heavy (non-hydrogen) atoms. The summed E-state index contributed by atoms with van der Waals surface area (Å²) in [4.78, 5) is 23.0. The molecule has 1 unspecified atom stereocenters. The van der Waals surface area contributed by atoms with Crippen molar-refractivity contribution in [2.24, 2.45) is 0 Å². The molecule has 3 N–H and O–H groups in total. The van der Waals surface area contributed by atoms with Crippen LogP contribution in [0.25, 0.3) is 0 Å². The van der Waals surface area contributed by atoms with Crippen molar-refractivity contribution in [3.05, 3.63) is 29.3 Å². The van der Waals surface area contributed by atoms with Gasteiger partial charge in [-0.3, -0.25) is 9.59 Å². The third-order valence-electron chi connectivity index (χ3n) is 2.90. The number of carbonyl (C=O) groups excluding carboxylic acids is 2. The molecule has 0 radical (unpaired) electrons. The largest absolute Gasteiger partial charge is 0.416 e. The Kier molecular flexibility index (Phi) is 8.05. The van der Waals surface area contributed by atoms with E-state index in [0.29, 0.717) is 0 Å². The van der Waals surface area contributed by atoms with Crippen molar-refractivity contribution < 1.29 is 22.8 Å². The molecule has 0 fully saturated rings. The van der Waals surface area contributed by atoms with Gasteiger partial charge in [0.05, 0.1) is 5.56 Å². The predicted octanol–water partition coefficient (Wildman–Crippen LogP) is 2.42. The fourth-order valence-corrected chi connectivity index (χ4v) is 1.65. The Bertz CT molecular complexity index is 565. The first-order valence-electron chi connectivity index (χ1n) is 6.59. The first kappa shape index (κ1) is 21.2. The van der Waals surface area contributed by atoms with E-state index in [1.165, 1.54) is 13.0 Å². The van der Waals surface area contributed by atoms with Gasteiger partial charge in [0.2, 0.25) is 5.91 Å². The van der Waals surface area contributed by atoms with Crippen molar-refractivity contribution in [3.8, 4) is 0 Å². The normalized spacial score (nSPS) is 12.1. The lowest BCUT2D eigenvalue weighted by Gasteiger charge is -2.14. The topological polar surface area (TPSA) is 70.2 Å². The smallest absolute Gasteiger partial charge is 0.350 e. The Morgan fingerprint density at radius 2 is 1.83 bits per heavy atom. The fourth-order valence-electron chi connectivity index (χ4n) is 1.65. The summed E-state index contributed by atoms with van der Waals surface area (Å²) in [6, 6.07) is 2.72. The van der Waals surface area contributed by atoms with E-state index in [4.69, 9.17) is 0 Å². The minimum absolute atomic E-state index is 0. The Hall–Kier alpha value is -1.80. The van der Waals surface area contributed by atoms with Gasteiger partial charge < -0.3 is 16.0 Å². The number of amides is 2. The first-order chi connectivity index (χ1) is 10.1. The number of rotatable bonds is 5. The van der Waals surface area contributed by atoms with Crippen LogP contribution in [0.4, 0.5) is 18.9 Å². The van der Waals surface area contributed by atoms with Gasteiger partial charge in [-0.05, 0) is 32.2 Å². The van der Waals surface area contributed by atoms with Crippen molar-refractivity contribution in [1.82, 2.24) is 10.6 Å². The van der Waals surface area contributed by atoms with Crippen LogP contribution in [0.15, 0.2) is 18.2 Å². The van der Waals surface area contributed by atoms with E-state index < -0.39 is 23.6 Å². The highest BCUT2D eigenvalue weighted by Gasteiger charge is 2.32. The fraction of sp³-hybridized carbons (Fsp3) is 0.429. The molecule has 0 aromatic heterocycles. The summed E-state index contributed by atoms with van der Waals surface area (Å²) in [6.07, 6.45) is -4.61. The summed E-state index contributed by atoms with van der Waals surface area (Å²) in [5.74, 6) is -1.16. The van der Waals surface area contributed by atoms with E-state index >= 15 is 0 Å². The molecule has 0 aliphatic carbocycles. The lowest BCUT2D eigenvalue weighted by molar-refractivity contribution is -0.137. The highest BCUT2D eigenvalue weighted by atomic mass is 35.5. The summed E-state index contributed by atoms with van der Waals surface area (Å²) in [5, 5.41) is 7.68. The van der Waals surface area contributed by atoms with Crippen LogP contribution in [0.1, 0.15) is 29.8 Å². The van der Waals surface area contributed by atoms with Gasteiger partial charge in [-0.2, -0.15) is 13.2 Å². The number of hydrogen-bond donors (Lipinski definition) is 3. The molecule has 130 valence electrons. The second-order valence-corrected chi connectivity index (χ2v) is 4.88. The summed E-state index contributed by atoms with van der Waals surface area (Å²) < 4.78 is 38.6. The minimum atomic E-state index is -4.61. The van der Waals surface area contributed by atoms with Crippen molar-refractivity contribution in [2.45, 2.75) is 26.1 Å². The van der Waals surface area contributed by atoms with E-state index in [-0.39, 0.29) is 36.2 Å². The molecule has 0 saturated carbocycles. The number of carbonyl (C=O) groups is 2. The molecule has 2 amide bonds. The average Bonchev–Trinajstić information content (AvgIpc) is 2.42. The zero-order chi connectivity index (χ0) is 16.9. The summed E-state index contributed by atoms with van der Waals surface area (Å²) in [7, 11) is 1.70. The molecule has 1 aromatic carbocycles. The number of halogens is 4. The molecule has 0 heterocycles.